The molecule has 9 heteroatoms. The van der Waals surface area contributed by atoms with Crippen molar-refractivity contribution in [1.29, 1.82) is 0 Å². The molecule has 5 rings (SSSR count). The van der Waals surface area contributed by atoms with E-state index >= 15 is 0 Å². The molecule has 1 aromatic carbocycles. The smallest absolute Gasteiger partial charge is 0.259 e. The first kappa shape index (κ1) is 18.2. The van der Waals surface area contributed by atoms with Crippen LogP contribution in [0.3, 0.4) is 0 Å². The molecule has 0 unspecified atom stereocenters. The third-order valence-corrected chi connectivity index (χ3v) is 5.35. The zero-order valence-corrected chi connectivity index (χ0v) is 17.0. The third kappa shape index (κ3) is 3.25. The highest BCUT2D eigenvalue weighted by Gasteiger charge is 2.16. The van der Waals surface area contributed by atoms with Gasteiger partial charge in [-0.05, 0) is 30.7 Å². The van der Waals surface area contributed by atoms with E-state index in [1.165, 1.54) is 11.3 Å². The minimum absolute atomic E-state index is 0.240. The quantitative estimate of drug-likeness (QED) is 0.467. The summed E-state index contributed by atoms with van der Waals surface area (Å²) in [5.41, 5.74) is 7.18. The van der Waals surface area contributed by atoms with Gasteiger partial charge in [0.15, 0.2) is 0 Å². The number of rotatable bonds is 4. The van der Waals surface area contributed by atoms with E-state index in [1.807, 2.05) is 48.8 Å². The van der Waals surface area contributed by atoms with Gasteiger partial charge in [0, 0.05) is 35.3 Å². The number of benzene rings is 1. The molecule has 0 radical (unpaired) electrons. The third-order valence-electron chi connectivity index (χ3n) is 4.76. The van der Waals surface area contributed by atoms with Gasteiger partial charge in [-0.1, -0.05) is 17.3 Å². The molecule has 4 aromatic heterocycles. The lowest BCUT2D eigenvalue weighted by Gasteiger charge is -2.09. The van der Waals surface area contributed by atoms with Gasteiger partial charge >= 0.3 is 0 Å². The Kier molecular flexibility index (Phi) is 4.36. The van der Waals surface area contributed by atoms with Crippen molar-refractivity contribution in [2.75, 3.05) is 5.32 Å². The molecule has 8 nitrogen and oxygen atoms in total. The predicted octanol–water partition coefficient (Wildman–Crippen LogP) is 4.38. The van der Waals surface area contributed by atoms with E-state index in [9.17, 15) is 4.79 Å². The summed E-state index contributed by atoms with van der Waals surface area (Å²) >= 11 is 1.53. The minimum Gasteiger partial charge on any atom is -0.339 e. The second kappa shape index (κ2) is 7.20. The van der Waals surface area contributed by atoms with Crippen LogP contribution < -0.4 is 5.32 Å². The number of amides is 1. The number of fused-ring (bicyclic) bond motifs is 1. The van der Waals surface area contributed by atoms with E-state index in [0.29, 0.717) is 28.5 Å². The molecule has 4 heterocycles. The highest BCUT2D eigenvalue weighted by atomic mass is 32.1. The van der Waals surface area contributed by atoms with Crippen molar-refractivity contribution >= 4 is 28.4 Å². The van der Waals surface area contributed by atoms with Gasteiger partial charge in [-0.25, -0.2) is 9.50 Å². The highest BCUT2D eigenvalue weighted by Crippen LogP contribution is 2.25. The lowest BCUT2D eigenvalue weighted by Crippen LogP contribution is -2.12. The van der Waals surface area contributed by atoms with Crippen LogP contribution in [0.1, 0.15) is 21.8 Å². The Labute approximate surface area is 175 Å². The Morgan fingerprint density at radius 1 is 1.17 bits per heavy atom. The summed E-state index contributed by atoms with van der Waals surface area (Å²) in [6.45, 7) is 3.66. The van der Waals surface area contributed by atoms with E-state index in [-0.39, 0.29) is 5.91 Å². The first-order chi connectivity index (χ1) is 14.6. The molecule has 0 fully saturated rings. The van der Waals surface area contributed by atoms with E-state index in [0.717, 1.165) is 22.4 Å². The minimum atomic E-state index is -0.240. The lowest BCUT2D eigenvalue weighted by atomic mass is 10.1. The Balaban J connectivity index is 1.45. The van der Waals surface area contributed by atoms with Gasteiger partial charge in [-0.15, -0.1) is 11.3 Å². The number of hydrogen-bond donors (Lipinski definition) is 1. The summed E-state index contributed by atoms with van der Waals surface area (Å²) in [4.78, 5) is 21.5. The number of anilines is 1. The molecule has 0 atom stereocenters. The number of hydrogen-bond acceptors (Lipinski definition) is 7. The summed E-state index contributed by atoms with van der Waals surface area (Å²) in [6, 6.07) is 9.45. The largest absolute Gasteiger partial charge is 0.339 e. The van der Waals surface area contributed by atoms with Crippen LogP contribution >= 0.6 is 11.3 Å². The summed E-state index contributed by atoms with van der Waals surface area (Å²) < 4.78 is 6.74. The van der Waals surface area contributed by atoms with Crippen molar-refractivity contribution in [3.63, 3.8) is 0 Å². The standard InChI is InChI=1S/C21H16N6O2S/c1-12-3-4-14(20-24-13(2)29-26-20)7-17(12)25-21(28)16-8-23-27-9-15(5-6-19(16)27)18-10-30-11-22-18/h3-11H,1-2H3,(H,25,28). The zero-order valence-electron chi connectivity index (χ0n) is 16.2. The van der Waals surface area contributed by atoms with Gasteiger partial charge in [0.05, 0.1) is 28.5 Å². The highest BCUT2D eigenvalue weighted by molar-refractivity contribution is 7.07. The zero-order chi connectivity index (χ0) is 20.7. The fourth-order valence-electron chi connectivity index (χ4n) is 3.17. The molecule has 1 N–H and O–H groups in total. The van der Waals surface area contributed by atoms with Gasteiger partial charge in [0.1, 0.15) is 0 Å². The normalized spacial score (nSPS) is 11.1. The number of aromatic nitrogens is 5. The van der Waals surface area contributed by atoms with Crippen LogP contribution in [-0.2, 0) is 0 Å². The number of pyridine rings is 1. The summed E-state index contributed by atoms with van der Waals surface area (Å²) in [5.74, 6) is 0.726. The topological polar surface area (TPSA) is 98.2 Å². The number of nitrogens with one attached hydrogen (secondary N) is 1. The van der Waals surface area contributed by atoms with Crippen LogP contribution in [0.25, 0.3) is 28.2 Å². The van der Waals surface area contributed by atoms with Crippen molar-refractivity contribution in [2.24, 2.45) is 0 Å². The summed E-state index contributed by atoms with van der Waals surface area (Å²) in [5, 5.41) is 13.2. The summed E-state index contributed by atoms with van der Waals surface area (Å²) in [6.07, 6.45) is 3.43. The average molecular weight is 416 g/mol. The van der Waals surface area contributed by atoms with Crippen LogP contribution in [0.4, 0.5) is 5.69 Å². The monoisotopic (exact) mass is 416 g/mol. The van der Waals surface area contributed by atoms with Gasteiger partial charge in [-0.3, -0.25) is 4.79 Å². The van der Waals surface area contributed by atoms with Crippen LogP contribution in [0.2, 0.25) is 0 Å². The van der Waals surface area contributed by atoms with Gasteiger partial charge in [0.25, 0.3) is 5.91 Å². The molecule has 0 aliphatic rings. The molecule has 30 heavy (non-hydrogen) atoms. The molecule has 0 bridgehead atoms. The summed E-state index contributed by atoms with van der Waals surface area (Å²) in [7, 11) is 0. The van der Waals surface area contributed by atoms with Crippen LogP contribution in [0.5, 0.6) is 0 Å². The second-order valence-corrected chi connectivity index (χ2v) is 7.52. The maximum atomic E-state index is 13.0. The van der Waals surface area contributed by atoms with E-state index in [4.69, 9.17) is 4.52 Å². The number of carbonyl (C=O) groups is 1. The maximum Gasteiger partial charge on any atom is 0.259 e. The van der Waals surface area contributed by atoms with E-state index < -0.39 is 0 Å². The van der Waals surface area contributed by atoms with Crippen molar-refractivity contribution < 1.29 is 9.32 Å². The number of aryl methyl sites for hydroxylation is 2. The molecule has 5 aromatic rings. The van der Waals surface area contributed by atoms with Gasteiger partial charge < -0.3 is 9.84 Å². The first-order valence-electron chi connectivity index (χ1n) is 9.17. The average Bonchev–Trinajstić information content (AvgIpc) is 3.49. The second-order valence-electron chi connectivity index (χ2n) is 6.80. The Hall–Kier alpha value is -3.85. The number of carbonyl (C=O) groups excluding carboxylic acids is 1. The number of nitrogens with zero attached hydrogens (tertiary/aromatic N) is 5. The molecule has 148 valence electrons. The van der Waals surface area contributed by atoms with Crippen molar-refractivity contribution in [1.82, 2.24) is 24.7 Å². The Bertz CT molecular complexity index is 1370. The number of thiazole rings is 1. The van der Waals surface area contributed by atoms with E-state index in [1.54, 1.807) is 23.1 Å². The molecule has 1 amide bonds. The fourth-order valence-corrected chi connectivity index (χ4v) is 3.73. The molecule has 0 aliphatic heterocycles. The maximum absolute atomic E-state index is 13.0. The molecular formula is C21H16N6O2S. The molecule has 0 aliphatic carbocycles. The Morgan fingerprint density at radius 3 is 2.80 bits per heavy atom. The predicted molar refractivity (Wildman–Crippen MR) is 113 cm³/mol. The molecule has 0 saturated heterocycles. The van der Waals surface area contributed by atoms with Crippen LogP contribution in [-0.4, -0.2) is 30.6 Å². The first-order valence-corrected chi connectivity index (χ1v) is 10.1. The van der Waals surface area contributed by atoms with Crippen LogP contribution in [0.15, 0.2) is 58.1 Å². The molecule has 0 saturated carbocycles. The van der Waals surface area contributed by atoms with E-state index in [2.05, 4.69) is 25.5 Å². The van der Waals surface area contributed by atoms with Crippen LogP contribution in [0, 0.1) is 13.8 Å². The van der Waals surface area contributed by atoms with Gasteiger partial charge in [0.2, 0.25) is 11.7 Å². The SMILES string of the molecule is Cc1nc(-c2ccc(C)c(NC(=O)c3cnn4cc(-c5cscn5)ccc34)c2)no1. The van der Waals surface area contributed by atoms with Crippen molar-refractivity contribution in [2.45, 2.75) is 13.8 Å². The Morgan fingerprint density at radius 2 is 2.03 bits per heavy atom. The lowest BCUT2D eigenvalue weighted by molar-refractivity contribution is 0.102. The molecular weight excluding hydrogens is 400 g/mol. The van der Waals surface area contributed by atoms with Crippen molar-refractivity contribution in [3.8, 4) is 22.6 Å². The van der Waals surface area contributed by atoms with Crippen molar-refractivity contribution in [3.05, 3.63) is 70.6 Å². The van der Waals surface area contributed by atoms with Gasteiger partial charge in [-0.2, -0.15) is 10.1 Å². The fraction of sp³-hybridized carbons (Fsp3) is 0.0952. The molecule has 0 spiro atoms.